The molecule has 0 aromatic rings. The maximum atomic E-state index is 11.8. The van der Waals surface area contributed by atoms with Crippen LogP contribution in [0.2, 0.25) is 0 Å². The summed E-state index contributed by atoms with van der Waals surface area (Å²) in [6.07, 6.45) is 2.41. The van der Waals surface area contributed by atoms with Gasteiger partial charge in [-0.2, -0.15) is 0 Å². The predicted molar refractivity (Wildman–Crippen MR) is 79.2 cm³/mol. The molecule has 20 heavy (non-hydrogen) atoms. The van der Waals surface area contributed by atoms with Gasteiger partial charge in [0.05, 0.1) is 25.6 Å². The number of carbonyl (C=O) groups is 2. The summed E-state index contributed by atoms with van der Waals surface area (Å²) < 4.78 is 10.3. The van der Waals surface area contributed by atoms with Gasteiger partial charge in [-0.15, -0.1) is 0 Å². The molecular formula is C16H30O4. The van der Waals surface area contributed by atoms with Crippen LogP contribution in [0.15, 0.2) is 0 Å². The van der Waals surface area contributed by atoms with Gasteiger partial charge in [0.25, 0.3) is 0 Å². The summed E-state index contributed by atoms with van der Waals surface area (Å²) in [6, 6.07) is 0. The molecule has 0 heterocycles. The van der Waals surface area contributed by atoms with Gasteiger partial charge in [0.1, 0.15) is 0 Å². The van der Waals surface area contributed by atoms with E-state index in [1.807, 2.05) is 6.92 Å². The second-order valence-corrected chi connectivity index (χ2v) is 6.06. The highest BCUT2D eigenvalue weighted by atomic mass is 16.5. The lowest BCUT2D eigenvalue weighted by molar-refractivity contribution is -0.155. The largest absolute Gasteiger partial charge is 0.466 e. The Kier molecular flexibility index (Phi) is 10.1. The van der Waals surface area contributed by atoms with Crippen molar-refractivity contribution in [1.82, 2.24) is 0 Å². The Balaban J connectivity index is 3.99. The van der Waals surface area contributed by atoms with E-state index in [0.29, 0.717) is 31.5 Å². The minimum absolute atomic E-state index is 0.120. The number of hydrogen-bond acceptors (Lipinski definition) is 4. The van der Waals surface area contributed by atoms with Crippen molar-refractivity contribution in [2.45, 2.75) is 60.3 Å². The zero-order chi connectivity index (χ0) is 15.5. The van der Waals surface area contributed by atoms with E-state index >= 15 is 0 Å². The molecule has 0 rings (SSSR count). The van der Waals surface area contributed by atoms with E-state index < -0.39 is 0 Å². The molecule has 0 aromatic carbocycles. The van der Waals surface area contributed by atoms with Crippen LogP contribution in [0.4, 0.5) is 0 Å². The molecular weight excluding hydrogens is 256 g/mol. The summed E-state index contributed by atoms with van der Waals surface area (Å²) >= 11 is 0. The molecule has 118 valence electrons. The summed E-state index contributed by atoms with van der Waals surface area (Å²) in [6.45, 7) is 11.1. The van der Waals surface area contributed by atoms with Crippen LogP contribution in [0.5, 0.6) is 0 Å². The van der Waals surface area contributed by atoms with Crippen LogP contribution in [0.1, 0.15) is 60.3 Å². The molecule has 1 unspecified atom stereocenters. The second kappa shape index (κ2) is 10.7. The highest BCUT2D eigenvalue weighted by Crippen LogP contribution is 2.13. The third-order valence-electron chi connectivity index (χ3n) is 3.14. The molecule has 0 aliphatic rings. The molecule has 0 aromatic heterocycles. The average Bonchev–Trinajstić information content (AvgIpc) is 2.34. The normalized spacial score (nSPS) is 12.6. The van der Waals surface area contributed by atoms with E-state index in [-0.39, 0.29) is 24.3 Å². The molecule has 0 spiro atoms. The van der Waals surface area contributed by atoms with Crippen molar-refractivity contribution < 1.29 is 19.1 Å². The lowest BCUT2D eigenvalue weighted by atomic mass is 10.0. The maximum Gasteiger partial charge on any atom is 0.309 e. The second-order valence-electron chi connectivity index (χ2n) is 6.06. The van der Waals surface area contributed by atoms with E-state index in [2.05, 4.69) is 27.7 Å². The lowest BCUT2D eigenvalue weighted by Gasteiger charge is -2.14. The van der Waals surface area contributed by atoms with Crippen LogP contribution in [0.3, 0.4) is 0 Å². The van der Waals surface area contributed by atoms with Gasteiger partial charge in [-0.3, -0.25) is 9.59 Å². The third-order valence-corrected chi connectivity index (χ3v) is 3.14. The molecule has 0 amide bonds. The molecule has 0 fully saturated rings. The summed E-state index contributed by atoms with van der Waals surface area (Å²) in [5.74, 6) is 0.0376. The van der Waals surface area contributed by atoms with Gasteiger partial charge < -0.3 is 9.47 Å². The summed E-state index contributed by atoms with van der Waals surface area (Å²) in [5, 5.41) is 0. The van der Waals surface area contributed by atoms with Crippen molar-refractivity contribution in [3.8, 4) is 0 Å². The molecule has 0 aliphatic carbocycles. The van der Waals surface area contributed by atoms with Gasteiger partial charge in [0.2, 0.25) is 0 Å². The van der Waals surface area contributed by atoms with Gasteiger partial charge in [-0.25, -0.2) is 0 Å². The number of rotatable bonds is 10. The molecule has 0 saturated heterocycles. The Morgan fingerprint density at radius 3 is 1.85 bits per heavy atom. The first-order chi connectivity index (χ1) is 9.36. The Morgan fingerprint density at radius 1 is 0.900 bits per heavy atom. The van der Waals surface area contributed by atoms with Crippen LogP contribution in [0, 0.1) is 17.8 Å². The van der Waals surface area contributed by atoms with Crippen molar-refractivity contribution in [2.24, 2.45) is 17.8 Å². The Morgan fingerprint density at radius 2 is 1.40 bits per heavy atom. The van der Waals surface area contributed by atoms with E-state index in [9.17, 15) is 9.59 Å². The molecule has 4 heteroatoms. The van der Waals surface area contributed by atoms with Crippen LogP contribution < -0.4 is 0 Å². The fourth-order valence-electron chi connectivity index (χ4n) is 1.58. The molecule has 1 atom stereocenters. The van der Waals surface area contributed by atoms with Crippen LogP contribution in [-0.2, 0) is 19.1 Å². The number of ether oxygens (including phenoxy) is 2. The quantitative estimate of drug-likeness (QED) is 0.576. The van der Waals surface area contributed by atoms with Gasteiger partial charge in [-0.05, 0) is 31.1 Å². The molecule has 0 aliphatic heterocycles. The van der Waals surface area contributed by atoms with E-state index in [4.69, 9.17) is 9.47 Å². The fourth-order valence-corrected chi connectivity index (χ4v) is 1.58. The van der Waals surface area contributed by atoms with Crippen LogP contribution in [-0.4, -0.2) is 25.2 Å². The van der Waals surface area contributed by atoms with Gasteiger partial charge in [-0.1, -0.05) is 34.6 Å². The first-order valence-electron chi connectivity index (χ1n) is 7.69. The zero-order valence-corrected chi connectivity index (χ0v) is 13.6. The molecule has 0 radical (unpaired) electrons. The third kappa shape index (κ3) is 9.82. The number of hydrogen-bond donors (Lipinski definition) is 0. The minimum Gasteiger partial charge on any atom is -0.466 e. The lowest BCUT2D eigenvalue weighted by Crippen LogP contribution is -2.22. The van der Waals surface area contributed by atoms with Gasteiger partial charge >= 0.3 is 11.9 Å². The topological polar surface area (TPSA) is 52.6 Å². The number of esters is 2. The van der Waals surface area contributed by atoms with Gasteiger partial charge in [0, 0.05) is 0 Å². The summed E-state index contributed by atoms with van der Waals surface area (Å²) in [4.78, 5) is 23.5. The summed E-state index contributed by atoms with van der Waals surface area (Å²) in [7, 11) is 0. The smallest absolute Gasteiger partial charge is 0.309 e. The van der Waals surface area contributed by atoms with Gasteiger partial charge in [0.15, 0.2) is 0 Å². The maximum absolute atomic E-state index is 11.8. The standard InChI is InChI=1S/C16H30O4/c1-6-14(16(18)20-10-8-13(4)5)11-15(17)19-9-7-12(2)3/h12-14H,6-11H2,1-5H3. The van der Waals surface area contributed by atoms with Crippen molar-refractivity contribution >= 4 is 11.9 Å². The Bertz CT molecular complexity index is 284. The van der Waals surface area contributed by atoms with E-state index in [1.54, 1.807) is 0 Å². The molecule has 4 nitrogen and oxygen atoms in total. The first-order valence-corrected chi connectivity index (χ1v) is 7.69. The Hall–Kier alpha value is -1.06. The van der Waals surface area contributed by atoms with E-state index in [1.165, 1.54) is 0 Å². The molecule has 0 bridgehead atoms. The average molecular weight is 286 g/mol. The fraction of sp³-hybridized carbons (Fsp3) is 0.875. The highest BCUT2D eigenvalue weighted by Gasteiger charge is 2.22. The molecule has 0 saturated carbocycles. The van der Waals surface area contributed by atoms with Crippen LogP contribution >= 0.6 is 0 Å². The molecule has 0 N–H and O–H groups in total. The van der Waals surface area contributed by atoms with Crippen molar-refractivity contribution in [2.75, 3.05) is 13.2 Å². The number of carbonyl (C=O) groups excluding carboxylic acids is 2. The predicted octanol–water partition coefficient (Wildman–Crippen LogP) is 3.58. The van der Waals surface area contributed by atoms with Crippen molar-refractivity contribution in [3.63, 3.8) is 0 Å². The zero-order valence-electron chi connectivity index (χ0n) is 13.6. The SMILES string of the molecule is CCC(CC(=O)OCCC(C)C)C(=O)OCCC(C)C. The van der Waals surface area contributed by atoms with E-state index in [0.717, 1.165) is 12.8 Å². The first kappa shape index (κ1) is 18.9. The van der Waals surface area contributed by atoms with Crippen LogP contribution in [0.25, 0.3) is 0 Å². The summed E-state index contributed by atoms with van der Waals surface area (Å²) in [5.41, 5.74) is 0. The van der Waals surface area contributed by atoms with Crippen molar-refractivity contribution in [3.05, 3.63) is 0 Å². The Labute approximate surface area is 123 Å². The highest BCUT2D eigenvalue weighted by molar-refractivity contribution is 5.79. The minimum atomic E-state index is -0.381. The monoisotopic (exact) mass is 286 g/mol. The van der Waals surface area contributed by atoms with Crippen molar-refractivity contribution in [1.29, 1.82) is 0 Å².